The van der Waals surface area contributed by atoms with Gasteiger partial charge >= 0.3 is 0 Å². The van der Waals surface area contributed by atoms with E-state index in [0.717, 1.165) is 12.8 Å². The quantitative estimate of drug-likeness (QED) is 0.486. The van der Waals surface area contributed by atoms with Crippen molar-refractivity contribution in [3.63, 3.8) is 0 Å². The fourth-order valence-corrected chi connectivity index (χ4v) is 7.37. The molecule has 2 saturated heterocycles. The predicted octanol–water partition coefficient (Wildman–Crippen LogP) is 1.61. The molecule has 0 N–H and O–H groups in total. The lowest BCUT2D eigenvalue weighted by Gasteiger charge is -2.30. The highest BCUT2D eigenvalue weighted by Gasteiger charge is 2.61. The highest BCUT2D eigenvalue weighted by Crippen LogP contribution is 2.53. The van der Waals surface area contributed by atoms with Crippen molar-refractivity contribution in [1.82, 2.24) is 14.7 Å². The number of imide groups is 2. The number of carbonyl (C=O) groups is 4. The number of nitrogens with zero attached hydrogens (tertiary/aromatic N) is 3. The molecular formula is C25H25N3O5. The molecule has 6 aliphatic rings. The average Bonchev–Trinajstić information content (AvgIpc) is 3.63. The van der Waals surface area contributed by atoms with Gasteiger partial charge in [-0.1, -0.05) is 24.3 Å². The molecule has 8 nitrogen and oxygen atoms in total. The van der Waals surface area contributed by atoms with Crippen molar-refractivity contribution in [1.29, 1.82) is 0 Å². The van der Waals surface area contributed by atoms with Gasteiger partial charge in [0.25, 0.3) is 0 Å². The van der Waals surface area contributed by atoms with Crippen LogP contribution in [0.4, 0.5) is 0 Å². The third-order valence-electron chi connectivity index (χ3n) is 8.77. The van der Waals surface area contributed by atoms with E-state index in [4.69, 9.17) is 4.42 Å². The van der Waals surface area contributed by atoms with Crippen molar-refractivity contribution in [2.24, 2.45) is 47.3 Å². The van der Waals surface area contributed by atoms with E-state index < -0.39 is 0 Å². The standard InChI is InChI=1S/C25H25N3O5/c29-22-18-13-3-4-14(8-13)19(18)23(30)27(22)11-26(10-17-2-1-7-33-17)12-28-24(31)20-15-5-6-16(9-15)21(20)25(28)32/h1-7,13-16,18-21H,8-12H2/t13-,14-,15-,16-,18-,19+,20+,21+/m0/s1. The number of hydrogen-bond acceptors (Lipinski definition) is 6. The summed E-state index contributed by atoms with van der Waals surface area (Å²) in [5.74, 6) is -0.396. The van der Waals surface area contributed by atoms with Gasteiger partial charge in [0.15, 0.2) is 0 Å². The molecule has 1 aromatic rings. The summed E-state index contributed by atoms with van der Waals surface area (Å²) >= 11 is 0. The molecule has 2 saturated carbocycles. The molecule has 8 heteroatoms. The summed E-state index contributed by atoms with van der Waals surface area (Å²) < 4.78 is 5.50. The van der Waals surface area contributed by atoms with Crippen molar-refractivity contribution in [2.75, 3.05) is 13.3 Å². The van der Waals surface area contributed by atoms with E-state index in [0.29, 0.717) is 12.3 Å². The predicted molar refractivity (Wildman–Crippen MR) is 113 cm³/mol. The largest absolute Gasteiger partial charge is 0.468 e. The first kappa shape index (κ1) is 19.5. The molecule has 3 heterocycles. The first-order valence-electron chi connectivity index (χ1n) is 11.8. The van der Waals surface area contributed by atoms with Crippen LogP contribution >= 0.6 is 0 Å². The third kappa shape index (κ3) is 2.61. The summed E-state index contributed by atoms with van der Waals surface area (Å²) in [5, 5.41) is 0. The summed E-state index contributed by atoms with van der Waals surface area (Å²) in [6.45, 7) is 0.382. The molecule has 0 aromatic carbocycles. The van der Waals surface area contributed by atoms with Gasteiger partial charge in [0.2, 0.25) is 23.6 Å². The van der Waals surface area contributed by atoms with Crippen molar-refractivity contribution >= 4 is 23.6 Å². The lowest BCUT2D eigenvalue weighted by atomic mass is 9.85. The van der Waals surface area contributed by atoms with E-state index in [-0.39, 0.29) is 84.3 Å². The van der Waals surface area contributed by atoms with Gasteiger partial charge in [0.1, 0.15) is 5.76 Å². The summed E-state index contributed by atoms with van der Waals surface area (Å²) in [6.07, 6.45) is 11.6. The minimum atomic E-state index is -0.269. The Hall–Kier alpha value is -3.00. The number of amides is 4. The molecule has 1 aromatic heterocycles. The number of carbonyl (C=O) groups excluding carboxylic acids is 4. The highest BCUT2D eigenvalue weighted by atomic mass is 16.3. The molecular weight excluding hydrogens is 422 g/mol. The van der Waals surface area contributed by atoms with Crippen LogP contribution in [0.3, 0.4) is 0 Å². The highest BCUT2D eigenvalue weighted by molar-refractivity contribution is 6.07. The van der Waals surface area contributed by atoms with Gasteiger partial charge in [-0.2, -0.15) is 0 Å². The minimum Gasteiger partial charge on any atom is -0.468 e. The van der Waals surface area contributed by atoms with Crippen LogP contribution in [0, 0.1) is 47.3 Å². The third-order valence-corrected chi connectivity index (χ3v) is 8.77. The Balaban J connectivity index is 1.13. The number of hydrogen-bond donors (Lipinski definition) is 0. The maximum absolute atomic E-state index is 13.2. The molecule has 4 fully saturated rings. The summed E-state index contributed by atoms with van der Waals surface area (Å²) in [7, 11) is 0. The average molecular weight is 447 g/mol. The van der Waals surface area contributed by atoms with Gasteiger partial charge in [-0.25, -0.2) is 0 Å². The lowest BCUT2D eigenvalue weighted by Crippen LogP contribution is -2.48. The van der Waals surface area contributed by atoms with Crippen molar-refractivity contribution in [3.8, 4) is 0 Å². The van der Waals surface area contributed by atoms with Crippen LogP contribution in [0.5, 0.6) is 0 Å². The Kier molecular flexibility index (Phi) is 3.99. The fourth-order valence-electron chi connectivity index (χ4n) is 7.37. The molecule has 4 bridgehead atoms. The van der Waals surface area contributed by atoms with Crippen LogP contribution in [-0.4, -0.2) is 51.7 Å². The SMILES string of the molecule is O=C1[C@@H]2[C@H](C(=O)N1CN(Cc1ccco1)CN1C(=O)[C@H]3[C@H](C1=O)[C@H]1C=C[C@H]3C1)[C@H]1C=C[C@H]2C1. The topological polar surface area (TPSA) is 91.1 Å². The number of rotatable bonds is 6. The Morgan fingerprint density at radius 3 is 1.52 bits per heavy atom. The summed E-state index contributed by atoms with van der Waals surface area (Å²) in [5.41, 5.74) is 0. The monoisotopic (exact) mass is 447 g/mol. The number of likely N-dealkylation sites (tertiary alicyclic amines) is 2. The molecule has 4 aliphatic carbocycles. The zero-order valence-electron chi connectivity index (χ0n) is 18.1. The maximum Gasteiger partial charge on any atom is 0.234 e. The molecule has 0 radical (unpaired) electrons. The van der Waals surface area contributed by atoms with Gasteiger partial charge in [0, 0.05) is 0 Å². The van der Waals surface area contributed by atoms with Gasteiger partial charge in [-0.05, 0) is 48.6 Å². The Bertz CT molecular complexity index is 993. The van der Waals surface area contributed by atoms with Crippen LogP contribution in [-0.2, 0) is 25.7 Å². The molecule has 33 heavy (non-hydrogen) atoms. The zero-order chi connectivity index (χ0) is 22.4. The smallest absolute Gasteiger partial charge is 0.234 e. The molecule has 0 spiro atoms. The van der Waals surface area contributed by atoms with E-state index in [9.17, 15) is 19.2 Å². The minimum absolute atomic E-state index is 0.0440. The van der Waals surface area contributed by atoms with E-state index in [1.54, 1.807) is 17.2 Å². The van der Waals surface area contributed by atoms with Gasteiger partial charge < -0.3 is 4.42 Å². The van der Waals surface area contributed by atoms with Crippen molar-refractivity contribution < 1.29 is 23.6 Å². The van der Waals surface area contributed by atoms with Gasteiger partial charge in [-0.15, -0.1) is 0 Å². The Morgan fingerprint density at radius 2 is 1.15 bits per heavy atom. The molecule has 4 amide bonds. The first-order valence-corrected chi connectivity index (χ1v) is 11.8. The second-order valence-electron chi connectivity index (χ2n) is 10.4. The molecule has 8 atom stereocenters. The van der Waals surface area contributed by atoms with Crippen LogP contribution in [0.2, 0.25) is 0 Å². The zero-order valence-corrected chi connectivity index (χ0v) is 18.1. The second kappa shape index (κ2) is 6.76. The Labute approximate surface area is 190 Å². The number of furan rings is 1. The normalized spacial score (nSPS) is 39.8. The van der Waals surface area contributed by atoms with Crippen LogP contribution in [0.15, 0.2) is 47.1 Å². The summed E-state index contributed by atoms with van der Waals surface area (Å²) in [4.78, 5) is 57.3. The molecule has 7 rings (SSSR count). The maximum atomic E-state index is 13.2. The van der Waals surface area contributed by atoms with E-state index in [2.05, 4.69) is 24.3 Å². The first-order chi connectivity index (χ1) is 16.0. The fraction of sp³-hybridized carbons (Fsp3) is 0.520. The van der Waals surface area contributed by atoms with E-state index in [1.807, 2.05) is 6.07 Å². The van der Waals surface area contributed by atoms with Crippen LogP contribution < -0.4 is 0 Å². The van der Waals surface area contributed by atoms with Crippen molar-refractivity contribution in [2.45, 2.75) is 19.4 Å². The van der Waals surface area contributed by atoms with Gasteiger partial charge in [-0.3, -0.25) is 33.9 Å². The number of fused-ring (bicyclic) bond motifs is 10. The van der Waals surface area contributed by atoms with E-state index >= 15 is 0 Å². The van der Waals surface area contributed by atoms with E-state index in [1.165, 1.54) is 9.80 Å². The van der Waals surface area contributed by atoms with Crippen molar-refractivity contribution in [3.05, 3.63) is 48.5 Å². The molecule has 0 unspecified atom stereocenters. The molecule has 170 valence electrons. The van der Waals surface area contributed by atoms with Crippen LogP contribution in [0.1, 0.15) is 18.6 Å². The van der Waals surface area contributed by atoms with Crippen LogP contribution in [0.25, 0.3) is 0 Å². The second-order valence-corrected chi connectivity index (χ2v) is 10.4. The van der Waals surface area contributed by atoms with Gasteiger partial charge in [0.05, 0.1) is 49.8 Å². The number of allylic oxidation sites excluding steroid dienone is 4. The summed E-state index contributed by atoms with van der Waals surface area (Å²) in [6, 6.07) is 3.58. The lowest BCUT2D eigenvalue weighted by molar-refractivity contribution is -0.146. The Morgan fingerprint density at radius 1 is 0.727 bits per heavy atom. The molecule has 2 aliphatic heterocycles.